The van der Waals surface area contributed by atoms with Gasteiger partial charge in [0.25, 0.3) is 15.9 Å². The number of sulfonamides is 1. The molecule has 3 aromatic rings. The lowest BCUT2D eigenvalue weighted by Crippen LogP contribution is -2.28. The third kappa shape index (κ3) is 3.73. The van der Waals surface area contributed by atoms with Crippen molar-refractivity contribution in [3.05, 3.63) is 77.6 Å². The topological polar surface area (TPSA) is 88.6 Å². The Balaban J connectivity index is 1.57. The third-order valence-electron chi connectivity index (χ3n) is 5.05. The fourth-order valence-electron chi connectivity index (χ4n) is 3.58. The van der Waals surface area contributed by atoms with E-state index in [1.807, 2.05) is 0 Å². The first-order valence-electron chi connectivity index (χ1n) is 9.41. The summed E-state index contributed by atoms with van der Waals surface area (Å²) in [7, 11) is -2.22. The number of nitrogens with zero attached hydrogens (tertiary/aromatic N) is 2. The second-order valence-corrected chi connectivity index (χ2v) is 8.68. The summed E-state index contributed by atoms with van der Waals surface area (Å²) >= 11 is 0. The van der Waals surface area contributed by atoms with Crippen molar-refractivity contribution < 1.29 is 17.9 Å². The van der Waals surface area contributed by atoms with Crippen LogP contribution in [0.15, 0.2) is 65.8 Å². The summed E-state index contributed by atoms with van der Waals surface area (Å²) < 4.78 is 33.5. The molecule has 0 spiro atoms. The molecule has 8 heteroatoms. The molecule has 1 aromatic heterocycles. The Kier molecular flexibility index (Phi) is 5.17. The quantitative estimate of drug-likeness (QED) is 0.679. The van der Waals surface area contributed by atoms with Crippen molar-refractivity contribution >= 4 is 27.3 Å². The van der Waals surface area contributed by atoms with Gasteiger partial charge in [-0.05, 0) is 73.0 Å². The Morgan fingerprint density at radius 2 is 2.00 bits per heavy atom. The van der Waals surface area contributed by atoms with Gasteiger partial charge >= 0.3 is 0 Å². The van der Waals surface area contributed by atoms with Crippen molar-refractivity contribution in [3.8, 4) is 5.75 Å². The van der Waals surface area contributed by atoms with Gasteiger partial charge in [0.05, 0.1) is 17.6 Å². The van der Waals surface area contributed by atoms with E-state index in [1.165, 1.54) is 13.2 Å². The third-order valence-corrected chi connectivity index (χ3v) is 6.59. The Bertz CT molecular complexity index is 1210. The number of benzene rings is 2. The minimum absolute atomic E-state index is 0.121. The van der Waals surface area contributed by atoms with Gasteiger partial charge in [0.1, 0.15) is 5.75 Å². The van der Waals surface area contributed by atoms with Crippen LogP contribution in [-0.4, -0.2) is 33.0 Å². The number of rotatable bonds is 5. The summed E-state index contributed by atoms with van der Waals surface area (Å²) in [5, 5.41) is 0. The molecule has 1 amide bonds. The van der Waals surface area contributed by atoms with Crippen LogP contribution >= 0.6 is 0 Å². The van der Waals surface area contributed by atoms with E-state index in [2.05, 4.69) is 9.71 Å². The van der Waals surface area contributed by atoms with E-state index in [0.29, 0.717) is 35.5 Å². The molecular weight excluding hydrogens is 402 g/mol. The van der Waals surface area contributed by atoms with Crippen molar-refractivity contribution in [2.24, 2.45) is 0 Å². The molecule has 1 aliphatic heterocycles. The van der Waals surface area contributed by atoms with Crippen molar-refractivity contribution in [2.75, 3.05) is 23.3 Å². The van der Waals surface area contributed by atoms with Gasteiger partial charge in [-0.1, -0.05) is 0 Å². The van der Waals surface area contributed by atoms with Gasteiger partial charge in [-0.25, -0.2) is 8.42 Å². The van der Waals surface area contributed by atoms with Gasteiger partial charge in [0.2, 0.25) is 0 Å². The molecule has 0 fully saturated rings. The van der Waals surface area contributed by atoms with E-state index in [1.54, 1.807) is 66.7 Å². The number of carbonyl (C=O) groups excluding carboxylic acids is 1. The fraction of sp³-hybridized carbons (Fsp3) is 0.182. The number of pyridine rings is 1. The van der Waals surface area contributed by atoms with Crippen LogP contribution in [-0.2, 0) is 16.4 Å². The molecule has 0 saturated carbocycles. The lowest BCUT2D eigenvalue weighted by Gasteiger charge is -2.18. The van der Waals surface area contributed by atoms with Crippen LogP contribution < -0.4 is 14.4 Å². The summed E-state index contributed by atoms with van der Waals surface area (Å²) in [6, 6.07) is 13.5. The predicted octanol–water partition coefficient (Wildman–Crippen LogP) is 3.40. The molecule has 2 heterocycles. The Labute approximate surface area is 175 Å². The molecule has 0 aliphatic carbocycles. The second-order valence-electron chi connectivity index (χ2n) is 7.03. The summed E-state index contributed by atoms with van der Waals surface area (Å²) in [4.78, 5) is 18.6. The van der Waals surface area contributed by atoms with Crippen molar-refractivity contribution in [2.45, 2.75) is 18.2 Å². The number of methoxy groups -OCH3 is 1. The fourth-order valence-corrected chi connectivity index (χ4v) is 4.86. The monoisotopic (exact) mass is 423 g/mol. The van der Waals surface area contributed by atoms with E-state index in [9.17, 15) is 13.2 Å². The zero-order valence-corrected chi connectivity index (χ0v) is 17.4. The summed E-state index contributed by atoms with van der Waals surface area (Å²) in [6.07, 6.45) is 3.82. The average Bonchev–Trinajstić information content (AvgIpc) is 3.16. The number of hydrogen-bond acceptors (Lipinski definition) is 5. The zero-order valence-electron chi connectivity index (χ0n) is 16.6. The van der Waals surface area contributed by atoms with Crippen molar-refractivity contribution in [1.29, 1.82) is 0 Å². The number of fused-ring (bicyclic) bond motifs is 1. The lowest BCUT2D eigenvalue weighted by molar-refractivity contribution is 0.0989. The molecule has 0 unspecified atom stereocenters. The average molecular weight is 423 g/mol. The van der Waals surface area contributed by atoms with E-state index >= 15 is 0 Å². The number of ether oxygens (including phenoxy) is 1. The van der Waals surface area contributed by atoms with Gasteiger partial charge in [-0.2, -0.15) is 0 Å². The molecule has 154 valence electrons. The molecule has 30 heavy (non-hydrogen) atoms. The van der Waals surface area contributed by atoms with Crippen molar-refractivity contribution in [3.63, 3.8) is 0 Å². The Morgan fingerprint density at radius 1 is 1.17 bits per heavy atom. The molecule has 0 atom stereocenters. The predicted molar refractivity (Wildman–Crippen MR) is 115 cm³/mol. The summed E-state index contributed by atoms with van der Waals surface area (Å²) in [5.41, 5.74) is 3.27. The highest BCUT2D eigenvalue weighted by atomic mass is 32.2. The molecule has 1 aliphatic rings. The number of aryl methyl sites for hydroxylation is 1. The number of aromatic nitrogens is 1. The summed E-state index contributed by atoms with van der Waals surface area (Å²) in [5.74, 6) is 0.478. The normalized spacial score (nSPS) is 13.1. The lowest BCUT2D eigenvalue weighted by atomic mass is 10.1. The molecule has 4 rings (SSSR count). The standard InChI is InChI=1S/C22H21N3O4S/c1-15-12-19(29-2)6-8-21(15)30(27,28)24-18-5-7-20-16(13-18)9-11-25(20)22(26)17-4-3-10-23-14-17/h3-8,10,12-14,24H,9,11H2,1-2H3. The zero-order chi connectivity index (χ0) is 21.3. The SMILES string of the molecule is COc1ccc(S(=O)(=O)Nc2ccc3c(c2)CCN3C(=O)c2cccnc2)c(C)c1. The van der Waals surface area contributed by atoms with Crippen LogP contribution in [0.25, 0.3) is 0 Å². The molecular formula is C22H21N3O4S. The maximum Gasteiger partial charge on any atom is 0.262 e. The molecule has 1 N–H and O–H groups in total. The largest absolute Gasteiger partial charge is 0.497 e. The first-order valence-corrected chi connectivity index (χ1v) is 10.9. The van der Waals surface area contributed by atoms with Crippen LogP contribution in [0.3, 0.4) is 0 Å². The van der Waals surface area contributed by atoms with Crippen LogP contribution in [0, 0.1) is 6.92 Å². The molecule has 7 nitrogen and oxygen atoms in total. The first-order chi connectivity index (χ1) is 14.4. The Hall–Kier alpha value is -3.39. The number of amides is 1. The van der Waals surface area contributed by atoms with E-state index in [4.69, 9.17) is 4.74 Å². The highest BCUT2D eigenvalue weighted by Gasteiger charge is 2.26. The van der Waals surface area contributed by atoms with E-state index in [-0.39, 0.29) is 10.8 Å². The Morgan fingerprint density at radius 3 is 2.70 bits per heavy atom. The molecule has 0 bridgehead atoms. The van der Waals surface area contributed by atoms with Crippen molar-refractivity contribution in [1.82, 2.24) is 4.98 Å². The number of hydrogen-bond donors (Lipinski definition) is 1. The second kappa shape index (κ2) is 7.79. The highest BCUT2D eigenvalue weighted by Crippen LogP contribution is 2.32. The van der Waals surface area contributed by atoms with Gasteiger partial charge in [-0.15, -0.1) is 0 Å². The molecule has 0 saturated heterocycles. The van der Waals surface area contributed by atoms with E-state index in [0.717, 1.165) is 11.3 Å². The highest BCUT2D eigenvalue weighted by molar-refractivity contribution is 7.92. The van der Waals surface area contributed by atoms with Crippen LogP contribution in [0.4, 0.5) is 11.4 Å². The van der Waals surface area contributed by atoms with Gasteiger partial charge in [0.15, 0.2) is 0 Å². The molecule has 0 radical (unpaired) electrons. The van der Waals surface area contributed by atoms with Gasteiger partial charge in [0, 0.05) is 30.3 Å². The number of carbonyl (C=O) groups is 1. The minimum Gasteiger partial charge on any atom is -0.497 e. The number of anilines is 2. The molecule has 2 aromatic carbocycles. The maximum absolute atomic E-state index is 12.9. The van der Waals surface area contributed by atoms with Gasteiger partial charge < -0.3 is 9.64 Å². The minimum atomic E-state index is -3.75. The van der Waals surface area contributed by atoms with E-state index < -0.39 is 10.0 Å². The first kappa shape index (κ1) is 19.9. The number of nitrogens with one attached hydrogen (secondary N) is 1. The smallest absolute Gasteiger partial charge is 0.262 e. The van der Waals surface area contributed by atoms with Crippen LogP contribution in [0.1, 0.15) is 21.5 Å². The maximum atomic E-state index is 12.9. The summed E-state index contributed by atoms with van der Waals surface area (Å²) in [6.45, 7) is 2.26. The van der Waals surface area contributed by atoms with Crippen LogP contribution in [0.5, 0.6) is 5.75 Å². The van der Waals surface area contributed by atoms with Crippen LogP contribution in [0.2, 0.25) is 0 Å². The van der Waals surface area contributed by atoms with Gasteiger partial charge in [-0.3, -0.25) is 14.5 Å².